The summed E-state index contributed by atoms with van der Waals surface area (Å²) in [4.78, 5) is 13.6. The largest absolute Gasteiger partial charge is 0.341 e. The van der Waals surface area contributed by atoms with Crippen LogP contribution in [-0.2, 0) is 17.8 Å². The lowest BCUT2D eigenvalue weighted by atomic mass is 9.95. The molecule has 0 bridgehead atoms. The lowest BCUT2D eigenvalue weighted by Gasteiger charge is -2.38. The Morgan fingerprint density at radius 2 is 2.28 bits per heavy atom. The quantitative estimate of drug-likeness (QED) is 0.840. The van der Waals surface area contributed by atoms with Crippen molar-refractivity contribution in [2.75, 3.05) is 18.8 Å². The van der Waals surface area contributed by atoms with Crippen molar-refractivity contribution in [3.63, 3.8) is 0 Å². The Labute approximate surface area is 113 Å². The van der Waals surface area contributed by atoms with E-state index in [4.69, 9.17) is 0 Å². The van der Waals surface area contributed by atoms with E-state index in [0.717, 1.165) is 26.1 Å². The predicted octanol–water partition coefficient (Wildman–Crippen LogP) is 1.47. The number of hydrogen-bond donors (Lipinski definition) is 1. The molecule has 1 amide bonds. The normalized spacial score (nSPS) is 19.5. The number of hydrogen-bond acceptors (Lipinski definition) is 3. The molecule has 0 saturated carbocycles. The van der Waals surface area contributed by atoms with Gasteiger partial charge in [-0.1, -0.05) is 0 Å². The second-order valence-electron chi connectivity index (χ2n) is 5.21. The molecule has 0 atom stereocenters. The highest BCUT2D eigenvalue weighted by Crippen LogP contribution is 2.28. The molecule has 0 aliphatic carbocycles. The van der Waals surface area contributed by atoms with Gasteiger partial charge in [0.25, 0.3) is 0 Å². The zero-order valence-corrected chi connectivity index (χ0v) is 11.4. The predicted molar refractivity (Wildman–Crippen MR) is 73.0 cm³/mol. The zero-order chi connectivity index (χ0) is 12.5. The summed E-state index contributed by atoms with van der Waals surface area (Å²) < 4.78 is 2.15. The number of carbonyl (C=O) groups is 1. The Morgan fingerprint density at radius 3 is 3.00 bits per heavy atom. The smallest absolute Gasteiger partial charge is 0.223 e. The molecule has 4 nitrogen and oxygen atoms in total. The molecule has 0 aromatic carbocycles. The Balaban J connectivity index is 1.61. The van der Waals surface area contributed by atoms with Crippen molar-refractivity contribution >= 4 is 18.5 Å². The molecule has 0 unspecified atom stereocenters. The van der Waals surface area contributed by atoms with Crippen LogP contribution in [0.1, 0.15) is 36.6 Å². The van der Waals surface area contributed by atoms with E-state index in [9.17, 15) is 4.79 Å². The summed E-state index contributed by atoms with van der Waals surface area (Å²) in [5, 5.41) is 4.68. The highest BCUT2D eigenvalue weighted by molar-refractivity contribution is 7.80. The van der Waals surface area contributed by atoms with Crippen LogP contribution >= 0.6 is 12.6 Å². The van der Waals surface area contributed by atoms with Crippen molar-refractivity contribution in [2.45, 2.75) is 38.1 Å². The van der Waals surface area contributed by atoms with Crippen LogP contribution in [0.25, 0.3) is 0 Å². The summed E-state index contributed by atoms with van der Waals surface area (Å²) in [5.74, 6) is 1.32. The summed E-state index contributed by atoms with van der Waals surface area (Å²) in [6.45, 7) is 2.73. The Hall–Kier alpha value is -0.970. The number of aryl methyl sites for hydroxylation is 2. The van der Waals surface area contributed by atoms with Crippen LogP contribution in [0.4, 0.5) is 0 Å². The van der Waals surface area contributed by atoms with Crippen molar-refractivity contribution < 1.29 is 4.79 Å². The molecule has 18 heavy (non-hydrogen) atoms. The summed E-state index contributed by atoms with van der Waals surface area (Å²) in [6.07, 6.45) is 4.23. The number of likely N-dealkylation sites (tertiary alicyclic amines) is 1. The first-order valence-electron chi connectivity index (χ1n) is 6.73. The summed E-state index contributed by atoms with van der Waals surface area (Å²) in [5.41, 5.74) is 2.55. The van der Waals surface area contributed by atoms with E-state index in [1.54, 1.807) is 0 Å². The fraction of sp³-hybridized carbons (Fsp3) is 0.692. The Kier molecular flexibility index (Phi) is 3.33. The first-order chi connectivity index (χ1) is 8.78. The summed E-state index contributed by atoms with van der Waals surface area (Å²) in [6, 6.07) is 2.24. The van der Waals surface area contributed by atoms with E-state index in [0.29, 0.717) is 18.1 Å². The molecule has 2 aliphatic heterocycles. The fourth-order valence-corrected chi connectivity index (χ4v) is 2.95. The van der Waals surface area contributed by atoms with E-state index in [1.807, 2.05) is 4.90 Å². The van der Waals surface area contributed by atoms with Gasteiger partial charge in [0.2, 0.25) is 5.91 Å². The van der Waals surface area contributed by atoms with Gasteiger partial charge in [-0.2, -0.15) is 17.7 Å². The number of rotatable bonds is 3. The van der Waals surface area contributed by atoms with Gasteiger partial charge in [-0.3, -0.25) is 9.48 Å². The SMILES string of the molecule is O=C(CCS)N1CC(c2cc3n(n2)CCCC3)C1. The third-order valence-electron chi connectivity index (χ3n) is 3.91. The first-order valence-corrected chi connectivity index (χ1v) is 7.36. The van der Waals surface area contributed by atoms with Gasteiger partial charge >= 0.3 is 0 Å². The molecule has 1 fully saturated rings. The first kappa shape index (κ1) is 12.1. The molecular weight excluding hydrogens is 246 g/mol. The van der Waals surface area contributed by atoms with Crippen molar-refractivity contribution in [1.29, 1.82) is 0 Å². The molecule has 0 spiro atoms. The Bertz CT molecular complexity index is 428. The van der Waals surface area contributed by atoms with Crippen LogP contribution in [0.3, 0.4) is 0 Å². The highest BCUT2D eigenvalue weighted by atomic mass is 32.1. The van der Waals surface area contributed by atoms with Crippen LogP contribution in [-0.4, -0.2) is 39.4 Å². The highest BCUT2D eigenvalue weighted by Gasteiger charge is 2.33. The van der Waals surface area contributed by atoms with E-state index in [2.05, 4.69) is 28.5 Å². The molecule has 1 saturated heterocycles. The number of aromatic nitrogens is 2. The maximum absolute atomic E-state index is 11.6. The molecule has 1 aromatic rings. The summed E-state index contributed by atoms with van der Waals surface area (Å²) in [7, 11) is 0. The molecule has 0 N–H and O–H groups in total. The number of thiol groups is 1. The van der Waals surface area contributed by atoms with Gasteiger partial charge in [-0.05, 0) is 31.1 Å². The zero-order valence-electron chi connectivity index (χ0n) is 10.5. The average molecular weight is 265 g/mol. The molecule has 5 heteroatoms. The lowest BCUT2D eigenvalue weighted by Crippen LogP contribution is -2.48. The molecule has 3 rings (SSSR count). The van der Waals surface area contributed by atoms with Crippen LogP contribution in [0.15, 0.2) is 6.07 Å². The topological polar surface area (TPSA) is 38.1 Å². The average Bonchev–Trinajstić information content (AvgIpc) is 2.70. The second-order valence-corrected chi connectivity index (χ2v) is 5.66. The number of nitrogens with zero attached hydrogens (tertiary/aromatic N) is 3. The van der Waals surface area contributed by atoms with E-state index in [-0.39, 0.29) is 5.91 Å². The van der Waals surface area contributed by atoms with Gasteiger partial charge in [0, 0.05) is 37.7 Å². The van der Waals surface area contributed by atoms with Gasteiger partial charge in [0.05, 0.1) is 5.69 Å². The maximum Gasteiger partial charge on any atom is 0.223 e. The van der Waals surface area contributed by atoms with Crippen LogP contribution in [0.2, 0.25) is 0 Å². The van der Waals surface area contributed by atoms with E-state index in [1.165, 1.54) is 24.2 Å². The van der Waals surface area contributed by atoms with Crippen molar-refractivity contribution in [3.05, 3.63) is 17.5 Å². The number of carbonyl (C=O) groups excluding carboxylic acids is 1. The van der Waals surface area contributed by atoms with Crippen LogP contribution < -0.4 is 0 Å². The molecule has 0 radical (unpaired) electrons. The number of amides is 1. The van der Waals surface area contributed by atoms with Gasteiger partial charge in [0.1, 0.15) is 0 Å². The molecular formula is C13H19N3OS. The van der Waals surface area contributed by atoms with Crippen molar-refractivity contribution in [1.82, 2.24) is 14.7 Å². The minimum atomic E-state index is 0.227. The fourth-order valence-electron chi connectivity index (χ4n) is 2.76. The third-order valence-corrected chi connectivity index (χ3v) is 4.14. The van der Waals surface area contributed by atoms with Crippen LogP contribution in [0.5, 0.6) is 0 Å². The standard InChI is InChI=1S/C13H19N3OS/c17-13(4-6-18)15-8-10(9-15)12-7-11-3-1-2-5-16(11)14-12/h7,10,18H,1-6,8-9H2. The van der Waals surface area contributed by atoms with Crippen LogP contribution in [0, 0.1) is 0 Å². The maximum atomic E-state index is 11.6. The second kappa shape index (κ2) is 4.96. The number of fused-ring (bicyclic) bond motifs is 1. The third kappa shape index (κ3) is 2.16. The molecule has 3 heterocycles. The molecule has 2 aliphatic rings. The van der Waals surface area contributed by atoms with E-state index >= 15 is 0 Å². The monoisotopic (exact) mass is 265 g/mol. The van der Waals surface area contributed by atoms with Gasteiger partial charge in [-0.15, -0.1) is 0 Å². The van der Waals surface area contributed by atoms with Gasteiger partial charge in [0.15, 0.2) is 0 Å². The molecule has 1 aromatic heterocycles. The minimum Gasteiger partial charge on any atom is -0.341 e. The van der Waals surface area contributed by atoms with Crippen molar-refractivity contribution in [3.8, 4) is 0 Å². The summed E-state index contributed by atoms with van der Waals surface area (Å²) >= 11 is 4.10. The minimum absolute atomic E-state index is 0.227. The van der Waals surface area contributed by atoms with Gasteiger partial charge in [-0.25, -0.2) is 0 Å². The van der Waals surface area contributed by atoms with Gasteiger partial charge < -0.3 is 4.90 Å². The molecule has 98 valence electrons. The Morgan fingerprint density at radius 1 is 1.44 bits per heavy atom. The van der Waals surface area contributed by atoms with Crippen molar-refractivity contribution in [2.24, 2.45) is 0 Å². The van der Waals surface area contributed by atoms with E-state index < -0.39 is 0 Å². The lowest BCUT2D eigenvalue weighted by molar-refractivity contribution is -0.135.